The Morgan fingerprint density at radius 2 is 1.75 bits per heavy atom. The van der Waals surface area contributed by atoms with Crippen molar-refractivity contribution in [3.63, 3.8) is 0 Å². The standard InChI is InChI=1S/C13H13ClN2/c1-9(2)10-3-5-11(6-4-10)12-7-13(14)16-8-15-12/h3-9H,1-2H3. The van der Waals surface area contributed by atoms with Crippen LogP contribution in [0.15, 0.2) is 36.7 Å². The molecule has 0 unspecified atom stereocenters. The molecule has 2 aromatic rings. The Morgan fingerprint density at radius 3 is 2.31 bits per heavy atom. The first kappa shape index (κ1) is 11.1. The number of aromatic nitrogens is 2. The molecule has 0 saturated heterocycles. The van der Waals surface area contributed by atoms with Gasteiger partial charge in [-0.15, -0.1) is 0 Å². The topological polar surface area (TPSA) is 25.8 Å². The molecule has 0 aliphatic heterocycles. The van der Waals surface area contributed by atoms with E-state index in [1.807, 2.05) is 0 Å². The SMILES string of the molecule is CC(C)c1ccc(-c2cc(Cl)ncn2)cc1. The number of nitrogens with zero attached hydrogens (tertiary/aromatic N) is 2. The second-order valence-electron chi connectivity index (χ2n) is 4.00. The first-order valence-corrected chi connectivity index (χ1v) is 5.62. The van der Waals surface area contributed by atoms with E-state index in [4.69, 9.17) is 11.6 Å². The maximum Gasteiger partial charge on any atom is 0.133 e. The molecule has 0 fully saturated rings. The van der Waals surface area contributed by atoms with Crippen LogP contribution in [0.25, 0.3) is 11.3 Å². The smallest absolute Gasteiger partial charge is 0.133 e. The van der Waals surface area contributed by atoms with E-state index in [1.54, 1.807) is 6.07 Å². The highest BCUT2D eigenvalue weighted by Gasteiger charge is 2.02. The Morgan fingerprint density at radius 1 is 1.06 bits per heavy atom. The predicted octanol–water partition coefficient (Wildman–Crippen LogP) is 3.92. The highest BCUT2D eigenvalue weighted by molar-refractivity contribution is 6.29. The highest BCUT2D eigenvalue weighted by Crippen LogP contribution is 2.22. The third-order valence-corrected chi connectivity index (χ3v) is 2.71. The minimum Gasteiger partial charge on any atom is -0.236 e. The minimum absolute atomic E-state index is 0.470. The van der Waals surface area contributed by atoms with Crippen LogP contribution >= 0.6 is 11.6 Å². The van der Waals surface area contributed by atoms with Gasteiger partial charge in [-0.1, -0.05) is 49.7 Å². The van der Waals surface area contributed by atoms with Crippen LogP contribution in [0.1, 0.15) is 25.3 Å². The number of halogens is 1. The number of hydrogen-bond donors (Lipinski definition) is 0. The molecule has 1 aromatic carbocycles. The zero-order chi connectivity index (χ0) is 11.5. The second kappa shape index (κ2) is 4.62. The molecule has 0 spiro atoms. The second-order valence-corrected chi connectivity index (χ2v) is 4.39. The van der Waals surface area contributed by atoms with Gasteiger partial charge in [-0.25, -0.2) is 9.97 Å². The third-order valence-electron chi connectivity index (χ3n) is 2.51. The Bertz CT molecular complexity index is 478. The average molecular weight is 233 g/mol. The molecular weight excluding hydrogens is 220 g/mol. The van der Waals surface area contributed by atoms with E-state index in [-0.39, 0.29) is 0 Å². The van der Waals surface area contributed by atoms with Gasteiger partial charge in [0.2, 0.25) is 0 Å². The summed E-state index contributed by atoms with van der Waals surface area (Å²) in [6, 6.07) is 10.1. The molecule has 0 bridgehead atoms. The molecule has 0 radical (unpaired) electrons. The molecule has 3 heteroatoms. The van der Waals surface area contributed by atoms with Crippen LogP contribution < -0.4 is 0 Å². The van der Waals surface area contributed by atoms with Crippen molar-refractivity contribution in [2.75, 3.05) is 0 Å². The zero-order valence-electron chi connectivity index (χ0n) is 9.31. The van der Waals surface area contributed by atoms with E-state index in [9.17, 15) is 0 Å². The van der Waals surface area contributed by atoms with Crippen molar-refractivity contribution in [2.24, 2.45) is 0 Å². The van der Waals surface area contributed by atoms with Crippen LogP contribution in [0.5, 0.6) is 0 Å². The lowest BCUT2D eigenvalue weighted by atomic mass is 10.0. The van der Waals surface area contributed by atoms with Crippen molar-refractivity contribution in [3.05, 3.63) is 47.4 Å². The van der Waals surface area contributed by atoms with E-state index in [1.165, 1.54) is 11.9 Å². The molecular formula is C13H13ClN2. The molecule has 0 saturated carbocycles. The minimum atomic E-state index is 0.470. The molecule has 0 aliphatic carbocycles. The van der Waals surface area contributed by atoms with E-state index >= 15 is 0 Å². The van der Waals surface area contributed by atoms with Gasteiger partial charge in [0.1, 0.15) is 11.5 Å². The summed E-state index contributed by atoms with van der Waals surface area (Å²) in [5, 5.41) is 0.470. The van der Waals surface area contributed by atoms with Crippen LogP contribution in [0.3, 0.4) is 0 Å². The molecule has 0 aliphatic rings. The predicted molar refractivity (Wildman–Crippen MR) is 66.6 cm³/mol. The van der Waals surface area contributed by atoms with Crippen LogP contribution in [0.4, 0.5) is 0 Å². The normalized spacial score (nSPS) is 10.8. The molecule has 0 N–H and O–H groups in total. The number of benzene rings is 1. The number of hydrogen-bond acceptors (Lipinski definition) is 2. The van der Waals surface area contributed by atoms with Crippen molar-refractivity contribution in [2.45, 2.75) is 19.8 Å². The number of rotatable bonds is 2. The molecule has 1 heterocycles. The molecule has 82 valence electrons. The fraction of sp³-hybridized carbons (Fsp3) is 0.231. The summed E-state index contributed by atoms with van der Waals surface area (Å²) in [7, 11) is 0. The molecule has 16 heavy (non-hydrogen) atoms. The van der Waals surface area contributed by atoms with E-state index in [0.29, 0.717) is 11.1 Å². The molecule has 2 nitrogen and oxygen atoms in total. The van der Waals surface area contributed by atoms with Crippen molar-refractivity contribution < 1.29 is 0 Å². The molecule has 2 rings (SSSR count). The summed E-state index contributed by atoms with van der Waals surface area (Å²) in [5.41, 5.74) is 3.24. The largest absolute Gasteiger partial charge is 0.236 e. The lowest BCUT2D eigenvalue weighted by Crippen LogP contribution is -1.89. The maximum absolute atomic E-state index is 5.83. The quantitative estimate of drug-likeness (QED) is 0.734. The molecule has 0 amide bonds. The van der Waals surface area contributed by atoms with Crippen molar-refractivity contribution >= 4 is 11.6 Å². The van der Waals surface area contributed by atoms with Gasteiger partial charge >= 0.3 is 0 Å². The summed E-state index contributed by atoms with van der Waals surface area (Å²) in [6.07, 6.45) is 1.48. The zero-order valence-corrected chi connectivity index (χ0v) is 10.1. The van der Waals surface area contributed by atoms with Crippen molar-refractivity contribution in [1.29, 1.82) is 0 Å². The van der Waals surface area contributed by atoms with Gasteiger partial charge in [0, 0.05) is 11.6 Å². The Kier molecular flexibility index (Phi) is 3.20. The van der Waals surface area contributed by atoms with Gasteiger partial charge in [0.25, 0.3) is 0 Å². The van der Waals surface area contributed by atoms with Crippen LogP contribution in [0, 0.1) is 0 Å². The van der Waals surface area contributed by atoms with Crippen molar-refractivity contribution in [3.8, 4) is 11.3 Å². The molecule has 0 atom stereocenters. The lowest BCUT2D eigenvalue weighted by molar-refractivity contribution is 0.867. The van der Waals surface area contributed by atoms with Gasteiger partial charge in [0.15, 0.2) is 0 Å². The Balaban J connectivity index is 2.35. The first-order chi connectivity index (χ1) is 7.66. The van der Waals surface area contributed by atoms with Crippen LogP contribution in [-0.4, -0.2) is 9.97 Å². The average Bonchev–Trinajstić information content (AvgIpc) is 2.29. The lowest BCUT2D eigenvalue weighted by Gasteiger charge is -2.06. The van der Waals surface area contributed by atoms with E-state index < -0.39 is 0 Å². The van der Waals surface area contributed by atoms with Gasteiger partial charge in [0.05, 0.1) is 5.69 Å². The Hall–Kier alpha value is -1.41. The molecule has 1 aromatic heterocycles. The third kappa shape index (κ3) is 2.39. The van der Waals surface area contributed by atoms with Gasteiger partial charge < -0.3 is 0 Å². The van der Waals surface area contributed by atoms with Gasteiger partial charge in [-0.3, -0.25) is 0 Å². The highest BCUT2D eigenvalue weighted by atomic mass is 35.5. The van der Waals surface area contributed by atoms with E-state index in [2.05, 4.69) is 48.1 Å². The monoisotopic (exact) mass is 232 g/mol. The summed E-state index contributed by atoms with van der Waals surface area (Å²) >= 11 is 5.83. The fourth-order valence-corrected chi connectivity index (χ4v) is 1.68. The fourth-order valence-electron chi connectivity index (χ4n) is 1.53. The maximum atomic E-state index is 5.83. The summed E-state index contributed by atoms with van der Waals surface area (Å²) in [4.78, 5) is 8.05. The van der Waals surface area contributed by atoms with Crippen molar-refractivity contribution in [1.82, 2.24) is 9.97 Å². The van der Waals surface area contributed by atoms with E-state index in [0.717, 1.165) is 11.3 Å². The summed E-state index contributed by atoms with van der Waals surface area (Å²) in [5.74, 6) is 0.544. The Labute approximate surface area is 100 Å². The first-order valence-electron chi connectivity index (χ1n) is 5.24. The summed E-state index contributed by atoms with van der Waals surface area (Å²) < 4.78 is 0. The van der Waals surface area contributed by atoms with Gasteiger partial charge in [-0.05, 0) is 11.5 Å². The van der Waals surface area contributed by atoms with Crippen LogP contribution in [-0.2, 0) is 0 Å². The summed E-state index contributed by atoms with van der Waals surface area (Å²) in [6.45, 7) is 4.35. The van der Waals surface area contributed by atoms with Gasteiger partial charge in [-0.2, -0.15) is 0 Å². The van der Waals surface area contributed by atoms with Crippen LogP contribution in [0.2, 0.25) is 5.15 Å².